The molecular weight excluding hydrogens is 381 g/mol. The zero-order chi connectivity index (χ0) is 20.0. The maximum Gasteiger partial charge on any atom is 0.319 e. The molecule has 28 heavy (non-hydrogen) atoms. The molecule has 2 aromatic rings. The number of amides is 2. The summed E-state index contributed by atoms with van der Waals surface area (Å²) < 4.78 is 40.5. The number of sulfonamides is 1. The molecule has 1 atom stereocenters. The molecule has 0 unspecified atom stereocenters. The Labute approximate surface area is 164 Å². The first-order chi connectivity index (χ1) is 13.5. The summed E-state index contributed by atoms with van der Waals surface area (Å²) in [6, 6.07) is 13.5. The highest BCUT2D eigenvalue weighted by molar-refractivity contribution is 7.89. The number of carbonyl (C=O) groups is 1. The van der Waals surface area contributed by atoms with Gasteiger partial charge in [-0.25, -0.2) is 17.6 Å². The molecule has 1 saturated heterocycles. The number of anilines is 1. The minimum Gasteiger partial charge on any atom is -0.338 e. The summed E-state index contributed by atoms with van der Waals surface area (Å²) in [6.07, 6.45) is 2.99. The van der Waals surface area contributed by atoms with Gasteiger partial charge in [-0.3, -0.25) is 0 Å². The maximum absolute atomic E-state index is 13.1. The number of para-hydroxylation sites is 1. The molecule has 1 aliphatic rings. The Hall–Kier alpha value is -2.45. The van der Waals surface area contributed by atoms with Crippen molar-refractivity contribution in [1.29, 1.82) is 0 Å². The first kappa shape index (κ1) is 20.3. The highest BCUT2D eigenvalue weighted by Gasteiger charge is 2.33. The standard InChI is InChI=1S/C20H24FN3O3S/c21-16-9-11-19(12-10-16)28(26,27)24-15-5-4-8-18(24)13-14-22-20(25)23-17-6-2-1-3-7-17/h1-3,6-7,9-12,18H,4-5,8,13-15H2,(H2,22,23,25)/t18-/m1/s1. The monoisotopic (exact) mass is 405 g/mol. The van der Waals surface area contributed by atoms with E-state index in [-0.39, 0.29) is 17.0 Å². The van der Waals surface area contributed by atoms with Gasteiger partial charge in [0, 0.05) is 24.8 Å². The number of carbonyl (C=O) groups excluding carboxylic acids is 1. The zero-order valence-corrected chi connectivity index (χ0v) is 16.3. The summed E-state index contributed by atoms with van der Waals surface area (Å²) >= 11 is 0. The van der Waals surface area contributed by atoms with E-state index in [0.29, 0.717) is 25.2 Å². The first-order valence-electron chi connectivity index (χ1n) is 9.34. The Bertz CT molecular complexity index is 889. The molecule has 8 heteroatoms. The van der Waals surface area contributed by atoms with E-state index < -0.39 is 15.8 Å². The van der Waals surface area contributed by atoms with E-state index in [0.717, 1.165) is 31.4 Å². The lowest BCUT2D eigenvalue weighted by Gasteiger charge is -2.34. The third kappa shape index (κ3) is 5.08. The van der Waals surface area contributed by atoms with Crippen LogP contribution in [0.5, 0.6) is 0 Å². The lowest BCUT2D eigenvalue weighted by Crippen LogP contribution is -2.45. The Morgan fingerprint density at radius 2 is 1.79 bits per heavy atom. The maximum atomic E-state index is 13.1. The number of hydrogen-bond acceptors (Lipinski definition) is 3. The predicted molar refractivity (Wildman–Crippen MR) is 106 cm³/mol. The van der Waals surface area contributed by atoms with Crippen LogP contribution in [0.25, 0.3) is 0 Å². The van der Waals surface area contributed by atoms with E-state index >= 15 is 0 Å². The molecule has 0 radical (unpaired) electrons. The molecule has 1 heterocycles. The van der Waals surface area contributed by atoms with E-state index in [1.165, 1.54) is 16.4 Å². The van der Waals surface area contributed by atoms with Gasteiger partial charge in [-0.05, 0) is 55.7 Å². The molecule has 0 saturated carbocycles. The van der Waals surface area contributed by atoms with Gasteiger partial charge >= 0.3 is 6.03 Å². The van der Waals surface area contributed by atoms with Crippen molar-refractivity contribution >= 4 is 21.7 Å². The molecule has 2 N–H and O–H groups in total. The molecule has 2 aromatic carbocycles. The molecule has 0 bridgehead atoms. The molecule has 6 nitrogen and oxygen atoms in total. The average Bonchev–Trinajstić information content (AvgIpc) is 2.69. The number of rotatable bonds is 6. The van der Waals surface area contributed by atoms with Gasteiger partial charge in [0.25, 0.3) is 0 Å². The van der Waals surface area contributed by atoms with Crippen LogP contribution >= 0.6 is 0 Å². The predicted octanol–water partition coefficient (Wildman–Crippen LogP) is 3.58. The summed E-state index contributed by atoms with van der Waals surface area (Å²) in [6.45, 7) is 0.791. The molecule has 3 rings (SSSR count). The van der Waals surface area contributed by atoms with Crippen LogP contribution < -0.4 is 10.6 Å². The fourth-order valence-electron chi connectivity index (χ4n) is 3.37. The van der Waals surface area contributed by atoms with Gasteiger partial charge in [-0.2, -0.15) is 4.31 Å². The Morgan fingerprint density at radius 1 is 1.07 bits per heavy atom. The molecule has 1 fully saturated rings. The van der Waals surface area contributed by atoms with Crippen LogP contribution in [0.4, 0.5) is 14.9 Å². The molecule has 1 aliphatic heterocycles. The van der Waals surface area contributed by atoms with Crippen molar-refractivity contribution in [1.82, 2.24) is 9.62 Å². The minimum atomic E-state index is -3.69. The summed E-state index contributed by atoms with van der Waals surface area (Å²) in [5.74, 6) is -0.470. The first-order valence-corrected chi connectivity index (χ1v) is 10.8. The largest absolute Gasteiger partial charge is 0.338 e. The number of benzene rings is 2. The van der Waals surface area contributed by atoms with Crippen molar-refractivity contribution in [3.63, 3.8) is 0 Å². The van der Waals surface area contributed by atoms with E-state index in [1.54, 1.807) is 12.1 Å². The van der Waals surface area contributed by atoms with Crippen molar-refractivity contribution in [2.45, 2.75) is 36.6 Å². The summed E-state index contributed by atoms with van der Waals surface area (Å²) in [4.78, 5) is 12.1. The summed E-state index contributed by atoms with van der Waals surface area (Å²) in [5, 5.41) is 5.51. The average molecular weight is 405 g/mol. The van der Waals surface area contributed by atoms with Gasteiger partial charge in [-0.1, -0.05) is 24.6 Å². The van der Waals surface area contributed by atoms with Crippen LogP contribution in [-0.2, 0) is 10.0 Å². The van der Waals surface area contributed by atoms with Gasteiger partial charge < -0.3 is 10.6 Å². The highest BCUT2D eigenvalue weighted by Crippen LogP contribution is 2.27. The summed E-state index contributed by atoms with van der Waals surface area (Å²) in [5.41, 5.74) is 0.693. The smallest absolute Gasteiger partial charge is 0.319 e. The number of halogens is 1. The normalized spacial score (nSPS) is 17.8. The van der Waals surface area contributed by atoms with Crippen molar-refractivity contribution in [3.8, 4) is 0 Å². The molecular formula is C20H24FN3O3S. The van der Waals surface area contributed by atoms with Crippen LogP contribution in [0.1, 0.15) is 25.7 Å². The lowest BCUT2D eigenvalue weighted by molar-refractivity contribution is 0.234. The minimum absolute atomic E-state index is 0.0931. The second kappa shape index (κ2) is 9.16. The highest BCUT2D eigenvalue weighted by atomic mass is 32.2. The third-order valence-electron chi connectivity index (χ3n) is 4.79. The number of urea groups is 1. The number of nitrogens with zero attached hydrogens (tertiary/aromatic N) is 1. The van der Waals surface area contributed by atoms with Crippen LogP contribution in [0.2, 0.25) is 0 Å². The zero-order valence-electron chi connectivity index (χ0n) is 15.5. The molecule has 0 aromatic heterocycles. The van der Waals surface area contributed by atoms with Crippen molar-refractivity contribution in [3.05, 3.63) is 60.4 Å². The SMILES string of the molecule is O=C(NCC[C@H]1CCCCN1S(=O)(=O)c1ccc(F)cc1)Nc1ccccc1. The van der Waals surface area contributed by atoms with Crippen LogP contribution in [0, 0.1) is 5.82 Å². The van der Waals surface area contributed by atoms with Crippen LogP contribution in [0.3, 0.4) is 0 Å². The summed E-state index contributed by atoms with van der Waals surface area (Å²) in [7, 11) is -3.69. The molecule has 0 aliphatic carbocycles. The van der Waals surface area contributed by atoms with Gasteiger partial charge in [-0.15, -0.1) is 0 Å². The van der Waals surface area contributed by atoms with Crippen LogP contribution in [0.15, 0.2) is 59.5 Å². The van der Waals surface area contributed by atoms with Crippen molar-refractivity contribution in [2.24, 2.45) is 0 Å². The van der Waals surface area contributed by atoms with E-state index in [1.807, 2.05) is 18.2 Å². The topological polar surface area (TPSA) is 78.5 Å². The van der Waals surface area contributed by atoms with Crippen molar-refractivity contribution < 1.29 is 17.6 Å². The van der Waals surface area contributed by atoms with E-state index in [9.17, 15) is 17.6 Å². The van der Waals surface area contributed by atoms with Gasteiger partial charge in [0.1, 0.15) is 5.82 Å². The molecule has 150 valence electrons. The lowest BCUT2D eigenvalue weighted by atomic mass is 10.0. The van der Waals surface area contributed by atoms with E-state index in [2.05, 4.69) is 10.6 Å². The fraction of sp³-hybridized carbons (Fsp3) is 0.350. The number of nitrogens with one attached hydrogen (secondary N) is 2. The quantitative estimate of drug-likeness (QED) is 0.771. The second-order valence-corrected chi connectivity index (χ2v) is 8.65. The van der Waals surface area contributed by atoms with Crippen LogP contribution in [-0.4, -0.2) is 37.9 Å². The van der Waals surface area contributed by atoms with E-state index in [4.69, 9.17) is 0 Å². The van der Waals surface area contributed by atoms with Gasteiger partial charge in [0.15, 0.2) is 0 Å². The molecule has 2 amide bonds. The molecule has 0 spiro atoms. The second-order valence-electron chi connectivity index (χ2n) is 6.75. The van der Waals surface area contributed by atoms with Crippen molar-refractivity contribution in [2.75, 3.05) is 18.4 Å². The Kier molecular flexibility index (Phi) is 6.64. The third-order valence-corrected chi connectivity index (χ3v) is 6.75. The van der Waals surface area contributed by atoms with Gasteiger partial charge in [0.05, 0.1) is 4.90 Å². The number of hydrogen-bond donors (Lipinski definition) is 2. The van der Waals surface area contributed by atoms with Gasteiger partial charge in [0.2, 0.25) is 10.0 Å². The fourth-order valence-corrected chi connectivity index (χ4v) is 5.09. The Balaban J connectivity index is 1.59. The Morgan fingerprint density at radius 3 is 2.50 bits per heavy atom. The number of piperidine rings is 1.